The van der Waals surface area contributed by atoms with Crippen molar-refractivity contribution in [1.29, 1.82) is 5.26 Å². The molecule has 4 rings (SSSR count). The smallest absolute Gasteiger partial charge is 0.138 e. The average Bonchev–Trinajstić information content (AvgIpc) is 2.69. The van der Waals surface area contributed by atoms with Crippen LogP contribution in [0.3, 0.4) is 0 Å². The van der Waals surface area contributed by atoms with Gasteiger partial charge in [-0.15, -0.1) is 0 Å². The molecule has 2 heterocycles. The van der Waals surface area contributed by atoms with E-state index in [1.54, 1.807) is 6.20 Å². The van der Waals surface area contributed by atoms with Crippen LogP contribution in [0.15, 0.2) is 54.7 Å². The number of nitrogens with zero attached hydrogens (tertiary/aromatic N) is 3. The summed E-state index contributed by atoms with van der Waals surface area (Å²) >= 11 is 6.19. The molecule has 4 nitrogen and oxygen atoms in total. The Balaban J connectivity index is 1.54. The lowest BCUT2D eigenvalue weighted by Gasteiger charge is -2.34. The van der Waals surface area contributed by atoms with Crippen LogP contribution in [0.4, 0.5) is 5.69 Å². The number of nitriles is 1. The van der Waals surface area contributed by atoms with Crippen LogP contribution >= 0.6 is 11.6 Å². The molecule has 26 heavy (non-hydrogen) atoms. The van der Waals surface area contributed by atoms with Gasteiger partial charge in [-0.2, -0.15) is 5.26 Å². The second-order valence-electron chi connectivity index (χ2n) is 6.38. The zero-order chi connectivity index (χ0) is 17.9. The van der Waals surface area contributed by atoms with E-state index in [0.29, 0.717) is 10.6 Å². The first-order valence-electron chi connectivity index (χ1n) is 8.70. The van der Waals surface area contributed by atoms with Crippen LogP contribution in [0.25, 0.3) is 10.9 Å². The van der Waals surface area contributed by atoms with Crippen molar-refractivity contribution in [3.8, 4) is 11.8 Å². The number of anilines is 1. The van der Waals surface area contributed by atoms with Gasteiger partial charge in [0.25, 0.3) is 0 Å². The first-order chi connectivity index (χ1) is 12.8. The molecule has 1 aliphatic rings. The number of fused-ring (bicyclic) bond motifs is 1. The molecule has 1 saturated heterocycles. The zero-order valence-electron chi connectivity index (χ0n) is 14.2. The number of pyridine rings is 1. The fraction of sp³-hybridized carbons (Fsp3) is 0.238. The Morgan fingerprint density at radius 1 is 1.08 bits per heavy atom. The minimum atomic E-state index is 0.129. The van der Waals surface area contributed by atoms with Crippen LogP contribution in [0.2, 0.25) is 5.02 Å². The molecule has 1 aromatic heterocycles. The van der Waals surface area contributed by atoms with Crippen LogP contribution in [-0.4, -0.2) is 24.2 Å². The van der Waals surface area contributed by atoms with E-state index in [4.69, 9.17) is 16.3 Å². The molecule has 1 aliphatic heterocycles. The van der Waals surface area contributed by atoms with Gasteiger partial charge in [0.2, 0.25) is 0 Å². The Morgan fingerprint density at radius 3 is 2.58 bits per heavy atom. The number of rotatable bonds is 3. The molecule has 0 amide bonds. The van der Waals surface area contributed by atoms with Crippen molar-refractivity contribution in [2.45, 2.75) is 18.9 Å². The lowest BCUT2D eigenvalue weighted by atomic mass is 10.0. The second kappa shape index (κ2) is 7.23. The van der Waals surface area contributed by atoms with E-state index >= 15 is 0 Å². The van der Waals surface area contributed by atoms with Gasteiger partial charge in [0.05, 0.1) is 21.8 Å². The van der Waals surface area contributed by atoms with Crippen LogP contribution in [0.5, 0.6) is 5.75 Å². The molecule has 0 bridgehead atoms. The molecule has 0 radical (unpaired) electrons. The van der Waals surface area contributed by atoms with Gasteiger partial charge in [-0.1, -0.05) is 41.9 Å². The highest BCUT2D eigenvalue weighted by Gasteiger charge is 2.24. The second-order valence-corrected chi connectivity index (χ2v) is 6.79. The first-order valence-corrected chi connectivity index (χ1v) is 9.08. The minimum absolute atomic E-state index is 0.129. The number of halogens is 1. The Morgan fingerprint density at radius 2 is 1.81 bits per heavy atom. The van der Waals surface area contributed by atoms with Gasteiger partial charge in [0.15, 0.2) is 0 Å². The summed E-state index contributed by atoms with van der Waals surface area (Å²) in [6.45, 7) is 1.66. The van der Waals surface area contributed by atoms with Crippen molar-refractivity contribution < 1.29 is 4.74 Å². The van der Waals surface area contributed by atoms with Crippen molar-refractivity contribution in [3.63, 3.8) is 0 Å². The molecule has 0 spiro atoms. The monoisotopic (exact) mass is 363 g/mol. The molecule has 3 aromatic rings. The Hall–Kier alpha value is -2.77. The quantitative estimate of drug-likeness (QED) is 0.670. The topological polar surface area (TPSA) is 49.2 Å². The third kappa shape index (κ3) is 3.18. The summed E-state index contributed by atoms with van der Waals surface area (Å²) in [4.78, 5) is 6.67. The van der Waals surface area contributed by atoms with Gasteiger partial charge < -0.3 is 9.64 Å². The lowest BCUT2D eigenvalue weighted by molar-refractivity contribution is 0.171. The van der Waals surface area contributed by atoms with Crippen molar-refractivity contribution in [2.75, 3.05) is 18.0 Å². The van der Waals surface area contributed by atoms with Gasteiger partial charge in [-0.25, -0.2) is 0 Å². The molecular weight excluding hydrogens is 346 g/mol. The molecule has 0 unspecified atom stereocenters. The summed E-state index contributed by atoms with van der Waals surface area (Å²) in [6.07, 6.45) is 3.56. The maximum Gasteiger partial charge on any atom is 0.138 e. The molecule has 2 aromatic carbocycles. The van der Waals surface area contributed by atoms with Crippen LogP contribution in [0, 0.1) is 11.3 Å². The van der Waals surface area contributed by atoms with Crippen molar-refractivity contribution in [2.24, 2.45) is 0 Å². The number of ether oxygens (including phenoxy) is 1. The molecule has 0 N–H and O–H groups in total. The molecule has 5 heteroatoms. The van der Waals surface area contributed by atoms with Gasteiger partial charge in [-0.3, -0.25) is 4.98 Å². The van der Waals surface area contributed by atoms with Crippen LogP contribution in [0.1, 0.15) is 18.4 Å². The fourth-order valence-electron chi connectivity index (χ4n) is 3.47. The van der Waals surface area contributed by atoms with E-state index in [2.05, 4.69) is 16.0 Å². The highest BCUT2D eigenvalue weighted by Crippen LogP contribution is 2.33. The van der Waals surface area contributed by atoms with E-state index in [1.165, 1.54) is 0 Å². The molecule has 130 valence electrons. The number of hydrogen-bond donors (Lipinski definition) is 0. The number of para-hydroxylation sites is 2. The third-order valence-corrected chi connectivity index (χ3v) is 5.07. The van der Waals surface area contributed by atoms with Gasteiger partial charge in [0.1, 0.15) is 17.9 Å². The number of hydrogen-bond acceptors (Lipinski definition) is 4. The van der Waals surface area contributed by atoms with Crippen LogP contribution in [-0.2, 0) is 0 Å². The number of benzene rings is 2. The highest BCUT2D eigenvalue weighted by atomic mass is 35.5. The van der Waals surface area contributed by atoms with E-state index in [-0.39, 0.29) is 6.10 Å². The van der Waals surface area contributed by atoms with E-state index in [0.717, 1.165) is 48.3 Å². The van der Waals surface area contributed by atoms with E-state index < -0.39 is 0 Å². The number of aromatic nitrogens is 1. The van der Waals surface area contributed by atoms with Crippen LogP contribution < -0.4 is 9.64 Å². The summed E-state index contributed by atoms with van der Waals surface area (Å²) in [5.74, 6) is 0.736. The van der Waals surface area contributed by atoms with E-state index in [9.17, 15) is 5.26 Å². The largest absolute Gasteiger partial charge is 0.489 e. The Kier molecular flexibility index (Phi) is 4.64. The SMILES string of the molecule is N#Cc1cnc2ccccc2c1N1CCC(Oc2ccccc2Cl)CC1. The molecule has 0 saturated carbocycles. The lowest BCUT2D eigenvalue weighted by Crippen LogP contribution is -2.38. The molecule has 0 aliphatic carbocycles. The van der Waals surface area contributed by atoms with E-state index in [1.807, 2.05) is 48.5 Å². The summed E-state index contributed by atoms with van der Waals surface area (Å²) in [5.41, 5.74) is 2.51. The first kappa shape index (κ1) is 16.7. The molecular formula is C21H18ClN3O. The normalized spacial score (nSPS) is 15.0. The molecule has 0 atom stereocenters. The summed E-state index contributed by atoms with van der Waals surface area (Å²) < 4.78 is 6.08. The minimum Gasteiger partial charge on any atom is -0.489 e. The predicted molar refractivity (Wildman–Crippen MR) is 104 cm³/mol. The van der Waals surface area contributed by atoms with Gasteiger partial charge >= 0.3 is 0 Å². The van der Waals surface area contributed by atoms with Gasteiger partial charge in [0, 0.05) is 37.5 Å². The maximum absolute atomic E-state index is 9.53. The van der Waals surface area contributed by atoms with Gasteiger partial charge in [-0.05, 0) is 18.2 Å². The van der Waals surface area contributed by atoms with Crippen molar-refractivity contribution in [1.82, 2.24) is 4.98 Å². The number of piperidine rings is 1. The average molecular weight is 364 g/mol. The maximum atomic E-state index is 9.53. The van der Waals surface area contributed by atoms with Crippen molar-refractivity contribution in [3.05, 3.63) is 65.3 Å². The highest BCUT2D eigenvalue weighted by molar-refractivity contribution is 6.32. The summed E-state index contributed by atoms with van der Waals surface area (Å²) in [6, 6.07) is 17.8. The Bertz CT molecular complexity index is 974. The standard InChI is InChI=1S/C21H18ClN3O/c22-18-6-2-4-8-20(18)26-16-9-11-25(12-10-16)21-15(13-23)14-24-19-7-3-1-5-17(19)21/h1-8,14,16H,9-12H2. The molecule has 1 fully saturated rings. The summed E-state index contributed by atoms with van der Waals surface area (Å²) in [5, 5.41) is 11.2. The fourth-order valence-corrected chi connectivity index (χ4v) is 3.65. The Labute approximate surface area is 157 Å². The third-order valence-electron chi connectivity index (χ3n) is 4.76. The van der Waals surface area contributed by atoms with Crippen molar-refractivity contribution >= 4 is 28.2 Å². The summed E-state index contributed by atoms with van der Waals surface area (Å²) in [7, 11) is 0. The predicted octanol–water partition coefficient (Wildman–Crippen LogP) is 4.81. The zero-order valence-corrected chi connectivity index (χ0v) is 15.0.